The number of carbonyl (C=O) groups is 3. The van der Waals surface area contributed by atoms with Crippen molar-refractivity contribution in [2.24, 2.45) is 0 Å². The lowest BCUT2D eigenvalue weighted by atomic mass is 9.81. The van der Waals surface area contributed by atoms with Crippen molar-refractivity contribution < 1.29 is 43.9 Å². The molecule has 1 aromatic rings. The number of ether oxygens (including phenoxy) is 3. The highest BCUT2D eigenvalue weighted by molar-refractivity contribution is 6.04. The minimum atomic E-state index is -1.65. The number of hydrogen-bond acceptors (Lipinski definition) is 9. The number of aromatic carboxylic acids is 3. The third-order valence-electron chi connectivity index (χ3n) is 4.93. The van der Waals surface area contributed by atoms with Crippen molar-refractivity contribution in [2.75, 3.05) is 19.8 Å². The highest BCUT2D eigenvalue weighted by atomic mass is 16.6. The van der Waals surface area contributed by atoms with Gasteiger partial charge in [-0.05, 0) is 16.7 Å². The minimum Gasteiger partial charge on any atom is -0.545 e. The summed E-state index contributed by atoms with van der Waals surface area (Å²) in [5, 5.41) is 35.7. The molecule has 3 saturated heterocycles. The van der Waals surface area contributed by atoms with Gasteiger partial charge < -0.3 is 43.9 Å². The largest absolute Gasteiger partial charge is 0.545 e. The molecule has 0 amide bonds. The van der Waals surface area contributed by atoms with Gasteiger partial charge in [-0.25, -0.2) is 0 Å². The van der Waals surface area contributed by atoms with Gasteiger partial charge in [0.1, 0.15) is 0 Å². The Morgan fingerprint density at radius 3 is 1.00 bits per heavy atom. The van der Waals surface area contributed by atoms with Crippen molar-refractivity contribution in [3.63, 3.8) is 0 Å². The number of hydrogen-bond donors (Lipinski definition) is 0. The van der Waals surface area contributed by atoms with E-state index in [4.69, 9.17) is 14.2 Å². The molecule has 0 saturated carbocycles. The molecule has 0 spiro atoms. The lowest BCUT2D eigenvalue weighted by Crippen LogP contribution is -2.36. The van der Waals surface area contributed by atoms with E-state index >= 15 is 0 Å². The monoisotopic (exact) mass is 375 g/mol. The maximum absolute atomic E-state index is 11.9. The van der Waals surface area contributed by atoms with Gasteiger partial charge in [-0.15, -0.1) is 0 Å². The molecule has 3 heterocycles. The van der Waals surface area contributed by atoms with Crippen LogP contribution < -0.4 is 15.3 Å². The number of carboxylic acids is 3. The predicted molar refractivity (Wildman–Crippen MR) is 79.8 cm³/mol. The quantitative estimate of drug-likeness (QED) is 0.401. The van der Waals surface area contributed by atoms with Crippen LogP contribution in [0.1, 0.15) is 47.8 Å². The van der Waals surface area contributed by atoms with E-state index in [2.05, 4.69) is 0 Å². The summed E-state index contributed by atoms with van der Waals surface area (Å²) in [6.45, 7) is 1.09. The van der Waals surface area contributed by atoms with E-state index < -0.39 is 34.6 Å². The molecule has 3 fully saturated rings. The topological polar surface area (TPSA) is 158 Å². The number of benzene rings is 1. The molecular formula is C18H15O9-3. The molecule has 4 rings (SSSR count). The first kappa shape index (κ1) is 17.9. The maximum atomic E-state index is 11.9. The summed E-state index contributed by atoms with van der Waals surface area (Å²) >= 11 is 0. The highest BCUT2D eigenvalue weighted by Crippen LogP contribution is 2.35. The van der Waals surface area contributed by atoms with Crippen molar-refractivity contribution in [3.8, 4) is 0 Å². The summed E-state index contributed by atoms with van der Waals surface area (Å²) in [6, 6.07) is 0. The molecule has 3 unspecified atom stereocenters. The molecule has 0 bridgehead atoms. The smallest absolute Gasteiger partial charge is 0.0850 e. The normalized spacial score (nSPS) is 25.1. The van der Waals surface area contributed by atoms with Crippen LogP contribution in [0.4, 0.5) is 0 Å². The fourth-order valence-corrected chi connectivity index (χ4v) is 3.51. The molecule has 1 aromatic carbocycles. The van der Waals surface area contributed by atoms with Crippen LogP contribution in [-0.4, -0.2) is 56.0 Å². The lowest BCUT2D eigenvalue weighted by molar-refractivity contribution is -0.255. The third-order valence-corrected chi connectivity index (χ3v) is 4.93. The first-order valence-corrected chi connectivity index (χ1v) is 8.56. The van der Waals surface area contributed by atoms with Crippen LogP contribution in [0.5, 0.6) is 0 Å². The third kappa shape index (κ3) is 3.66. The Hall–Kier alpha value is -2.49. The first-order chi connectivity index (χ1) is 12.9. The zero-order valence-corrected chi connectivity index (χ0v) is 14.1. The van der Waals surface area contributed by atoms with Crippen LogP contribution >= 0.6 is 0 Å². The standard InChI is InChI=1S/C18H18O9/c19-16(20)13-10(1-7-4-25-7)14(17(21)22)12(3-9-6-27-9)15(18(23)24)11(13)2-8-5-26-8/h7-9H,1-6H2,(H,19,20)(H,21,22)(H,23,24)/p-3. The summed E-state index contributed by atoms with van der Waals surface area (Å²) in [7, 11) is 0. The molecule has 3 atom stereocenters. The molecule has 0 N–H and O–H groups in total. The van der Waals surface area contributed by atoms with Gasteiger partial charge in [-0.3, -0.25) is 0 Å². The first-order valence-electron chi connectivity index (χ1n) is 8.56. The highest BCUT2D eigenvalue weighted by Gasteiger charge is 2.35. The van der Waals surface area contributed by atoms with Gasteiger partial charge >= 0.3 is 0 Å². The predicted octanol–water partition coefficient (Wildman–Crippen LogP) is -3.40. The van der Waals surface area contributed by atoms with Crippen LogP contribution in [0.15, 0.2) is 0 Å². The van der Waals surface area contributed by atoms with E-state index in [1.165, 1.54) is 0 Å². The van der Waals surface area contributed by atoms with Gasteiger partial charge in [0, 0.05) is 36.0 Å². The summed E-state index contributed by atoms with van der Waals surface area (Å²) in [6.07, 6.45) is -0.953. The van der Waals surface area contributed by atoms with Crippen LogP contribution in [0.2, 0.25) is 0 Å². The fourth-order valence-electron chi connectivity index (χ4n) is 3.51. The lowest BCUT2D eigenvalue weighted by Gasteiger charge is -2.27. The maximum Gasteiger partial charge on any atom is 0.0850 e. The van der Waals surface area contributed by atoms with Crippen LogP contribution in [0, 0.1) is 0 Å². The van der Waals surface area contributed by atoms with E-state index in [-0.39, 0.29) is 54.3 Å². The van der Waals surface area contributed by atoms with Crippen LogP contribution in [0.3, 0.4) is 0 Å². The Morgan fingerprint density at radius 1 is 0.630 bits per heavy atom. The molecule has 0 aromatic heterocycles. The number of rotatable bonds is 9. The Kier molecular flexibility index (Phi) is 4.37. The Bertz CT molecular complexity index is 701. The summed E-state index contributed by atoms with van der Waals surface area (Å²) in [5.41, 5.74) is -1.43. The Balaban J connectivity index is 2.00. The number of epoxide rings is 3. The second-order valence-corrected chi connectivity index (χ2v) is 6.90. The van der Waals surface area contributed by atoms with Gasteiger partial charge in [-0.1, -0.05) is 0 Å². The summed E-state index contributed by atoms with van der Waals surface area (Å²) in [4.78, 5) is 35.7. The van der Waals surface area contributed by atoms with Gasteiger partial charge in [-0.2, -0.15) is 0 Å². The zero-order valence-electron chi connectivity index (χ0n) is 14.1. The minimum absolute atomic E-state index is 0.0109. The molecule has 9 nitrogen and oxygen atoms in total. The van der Waals surface area contributed by atoms with Gasteiger partial charge in [0.25, 0.3) is 0 Å². The fraction of sp³-hybridized carbons (Fsp3) is 0.500. The van der Waals surface area contributed by atoms with Crippen molar-refractivity contribution in [2.45, 2.75) is 37.6 Å². The molecular weight excluding hydrogens is 360 g/mol. The van der Waals surface area contributed by atoms with Gasteiger partial charge in [0.05, 0.1) is 56.0 Å². The van der Waals surface area contributed by atoms with Crippen LogP contribution in [0.25, 0.3) is 0 Å². The summed E-state index contributed by atoms with van der Waals surface area (Å²) < 4.78 is 15.4. The second-order valence-electron chi connectivity index (χ2n) is 6.90. The average Bonchev–Trinajstić information content (AvgIpc) is 3.39. The second kappa shape index (κ2) is 6.59. The van der Waals surface area contributed by atoms with E-state index in [9.17, 15) is 29.7 Å². The summed E-state index contributed by atoms with van der Waals surface area (Å²) in [5.74, 6) is -4.96. The molecule has 0 radical (unpaired) electrons. The van der Waals surface area contributed by atoms with Gasteiger partial charge in [0.15, 0.2) is 0 Å². The SMILES string of the molecule is O=C([O-])c1c(CC2CO2)c(C(=O)[O-])c(CC2CO2)c(C(=O)[O-])c1CC1CO1. The van der Waals surface area contributed by atoms with E-state index in [0.29, 0.717) is 19.8 Å². The molecule has 144 valence electrons. The number of carbonyl (C=O) groups excluding carboxylic acids is 3. The van der Waals surface area contributed by atoms with Gasteiger partial charge in [0.2, 0.25) is 0 Å². The van der Waals surface area contributed by atoms with E-state index in [0.717, 1.165) is 0 Å². The Morgan fingerprint density at radius 2 is 0.852 bits per heavy atom. The van der Waals surface area contributed by atoms with Crippen molar-refractivity contribution in [3.05, 3.63) is 33.4 Å². The van der Waals surface area contributed by atoms with E-state index in [1.807, 2.05) is 0 Å². The van der Waals surface area contributed by atoms with Crippen LogP contribution in [-0.2, 0) is 33.5 Å². The molecule has 3 aliphatic heterocycles. The zero-order chi connectivity index (χ0) is 19.3. The van der Waals surface area contributed by atoms with Crippen molar-refractivity contribution in [1.29, 1.82) is 0 Å². The molecule has 27 heavy (non-hydrogen) atoms. The average molecular weight is 375 g/mol. The van der Waals surface area contributed by atoms with Crippen molar-refractivity contribution in [1.82, 2.24) is 0 Å². The molecule has 9 heteroatoms. The molecule has 3 aliphatic rings. The number of carboxylic acid groups (broad SMARTS) is 3. The molecule has 0 aliphatic carbocycles. The van der Waals surface area contributed by atoms with Crippen molar-refractivity contribution >= 4 is 17.9 Å². The Labute approximate surface area is 153 Å². The van der Waals surface area contributed by atoms with E-state index in [1.54, 1.807) is 0 Å².